The second-order valence-corrected chi connectivity index (χ2v) is 3.99. The van der Waals surface area contributed by atoms with E-state index in [1.807, 2.05) is 20.8 Å². The first-order chi connectivity index (χ1) is 5.90. The van der Waals surface area contributed by atoms with E-state index in [0.717, 1.165) is 0 Å². The molecule has 0 aliphatic rings. The predicted molar refractivity (Wildman–Crippen MR) is 53.2 cm³/mol. The lowest BCUT2D eigenvalue weighted by atomic mass is 10.1. The maximum Gasteiger partial charge on any atom is 0.311 e. The zero-order valence-corrected chi connectivity index (χ0v) is 8.67. The summed E-state index contributed by atoms with van der Waals surface area (Å²) >= 11 is 0. The SMILES string of the molecule is C=CCC(CN)C(=O)OC(C)(C)C. The summed E-state index contributed by atoms with van der Waals surface area (Å²) in [5, 5.41) is 0. The maximum absolute atomic E-state index is 11.4. The molecule has 1 unspecified atom stereocenters. The van der Waals surface area contributed by atoms with E-state index < -0.39 is 5.60 Å². The quantitative estimate of drug-likeness (QED) is 0.533. The molecule has 0 spiro atoms. The van der Waals surface area contributed by atoms with E-state index in [4.69, 9.17) is 10.5 Å². The van der Waals surface area contributed by atoms with Gasteiger partial charge in [0.05, 0.1) is 5.92 Å². The van der Waals surface area contributed by atoms with E-state index in [9.17, 15) is 4.79 Å². The van der Waals surface area contributed by atoms with Gasteiger partial charge in [-0.3, -0.25) is 4.79 Å². The third-order valence-electron chi connectivity index (χ3n) is 1.48. The second kappa shape index (κ2) is 5.02. The summed E-state index contributed by atoms with van der Waals surface area (Å²) in [6, 6.07) is 0. The molecule has 3 nitrogen and oxygen atoms in total. The van der Waals surface area contributed by atoms with Crippen LogP contribution in [0.15, 0.2) is 12.7 Å². The van der Waals surface area contributed by atoms with Crippen molar-refractivity contribution in [2.24, 2.45) is 11.7 Å². The van der Waals surface area contributed by atoms with Crippen molar-refractivity contribution in [2.45, 2.75) is 32.8 Å². The fraction of sp³-hybridized carbons (Fsp3) is 0.700. The molecule has 1 atom stereocenters. The molecular formula is C10H19NO2. The van der Waals surface area contributed by atoms with Crippen molar-refractivity contribution in [3.8, 4) is 0 Å². The molecule has 13 heavy (non-hydrogen) atoms. The molecule has 0 aliphatic heterocycles. The topological polar surface area (TPSA) is 52.3 Å². The Kier molecular flexibility index (Phi) is 4.70. The molecule has 0 aromatic carbocycles. The van der Waals surface area contributed by atoms with Gasteiger partial charge in [0.15, 0.2) is 0 Å². The second-order valence-electron chi connectivity index (χ2n) is 3.99. The van der Waals surface area contributed by atoms with Crippen molar-refractivity contribution >= 4 is 5.97 Å². The molecule has 0 saturated heterocycles. The number of allylic oxidation sites excluding steroid dienone is 1. The summed E-state index contributed by atoms with van der Waals surface area (Å²) in [6.45, 7) is 9.39. The Morgan fingerprint density at radius 1 is 1.62 bits per heavy atom. The van der Waals surface area contributed by atoms with Gasteiger partial charge in [-0.1, -0.05) is 6.08 Å². The first-order valence-corrected chi connectivity index (χ1v) is 4.44. The smallest absolute Gasteiger partial charge is 0.311 e. The molecule has 2 N–H and O–H groups in total. The van der Waals surface area contributed by atoms with Crippen LogP contribution in [0.1, 0.15) is 27.2 Å². The van der Waals surface area contributed by atoms with Crippen LogP contribution < -0.4 is 5.73 Å². The molecular weight excluding hydrogens is 166 g/mol. The van der Waals surface area contributed by atoms with Crippen molar-refractivity contribution < 1.29 is 9.53 Å². The minimum Gasteiger partial charge on any atom is -0.460 e. The normalized spacial score (nSPS) is 13.5. The van der Waals surface area contributed by atoms with Crippen molar-refractivity contribution in [2.75, 3.05) is 6.54 Å². The van der Waals surface area contributed by atoms with E-state index in [1.54, 1.807) is 6.08 Å². The molecule has 0 amide bonds. The number of carbonyl (C=O) groups excluding carboxylic acids is 1. The van der Waals surface area contributed by atoms with Crippen molar-refractivity contribution in [1.82, 2.24) is 0 Å². The lowest BCUT2D eigenvalue weighted by molar-refractivity contribution is -0.159. The zero-order valence-electron chi connectivity index (χ0n) is 8.67. The van der Waals surface area contributed by atoms with Crippen LogP contribution >= 0.6 is 0 Å². The zero-order chi connectivity index (χ0) is 10.5. The summed E-state index contributed by atoms with van der Waals surface area (Å²) in [4.78, 5) is 11.4. The molecule has 0 bridgehead atoms. The van der Waals surface area contributed by atoms with Crippen LogP contribution in [0, 0.1) is 5.92 Å². The summed E-state index contributed by atoms with van der Waals surface area (Å²) < 4.78 is 5.18. The fourth-order valence-electron chi connectivity index (χ4n) is 0.875. The highest BCUT2D eigenvalue weighted by molar-refractivity contribution is 5.73. The number of ether oxygens (including phenoxy) is 1. The average molecular weight is 185 g/mol. The minimum atomic E-state index is -0.439. The highest BCUT2D eigenvalue weighted by Gasteiger charge is 2.22. The van der Waals surface area contributed by atoms with Crippen molar-refractivity contribution in [3.05, 3.63) is 12.7 Å². The first kappa shape index (κ1) is 12.2. The maximum atomic E-state index is 11.4. The predicted octanol–water partition coefficient (Wildman–Crippen LogP) is 1.48. The van der Waals surface area contributed by atoms with Crippen molar-refractivity contribution in [3.63, 3.8) is 0 Å². The summed E-state index contributed by atoms with van der Waals surface area (Å²) in [5.74, 6) is -0.494. The summed E-state index contributed by atoms with van der Waals surface area (Å²) in [6.07, 6.45) is 2.26. The van der Waals surface area contributed by atoms with E-state index in [-0.39, 0.29) is 11.9 Å². The molecule has 0 fully saturated rings. The summed E-state index contributed by atoms with van der Waals surface area (Å²) in [7, 11) is 0. The van der Waals surface area contributed by atoms with Crippen LogP contribution in [0.25, 0.3) is 0 Å². The standard InChI is InChI=1S/C10H19NO2/c1-5-6-8(7-11)9(12)13-10(2,3)4/h5,8H,1,6-7,11H2,2-4H3. The van der Waals surface area contributed by atoms with Crippen LogP contribution in [0.5, 0.6) is 0 Å². The Balaban J connectivity index is 4.13. The number of hydrogen-bond acceptors (Lipinski definition) is 3. The highest BCUT2D eigenvalue weighted by atomic mass is 16.6. The van der Waals surface area contributed by atoms with Crippen LogP contribution in [0.3, 0.4) is 0 Å². The van der Waals surface area contributed by atoms with E-state index >= 15 is 0 Å². The Labute approximate surface area is 79.9 Å². The monoisotopic (exact) mass is 185 g/mol. The van der Waals surface area contributed by atoms with Gasteiger partial charge in [-0.25, -0.2) is 0 Å². The van der Waals surface area contributed by atoms with Crippen LogP contribution in [0.2, 0.25) is 0 Å². The van der Waals surface area contributed by atoms with Gasteiger partial charge in [0.2, 0.25) is 0 Å². The molecule has 3 heteroatoms. The molecule has 0 saturated carbocycles. The molecule has 0 radical (unpaired) electrons. The lowest BCUT2D eigenvalue weighted by Crippen LogP contribution is -2.32. The van der Waals surface area contributed by atoms with Gasteiger partial charge in [0, 0.05) is 6.54 Å². The molecule has 0 aliphatic carbocycles. The molecule has 0 aromatic rings. The third-order valence-corrected chi connectivity index (χ3v) is 1.48. The van der Waals surface area contributed by atoms with Gasteiger partial charge >= 0.3 is 5.97 Å². The van der Waals surface area contributed by atoms with Gasteiger partial charge < -0.3 is 10.5 Å². The Morgan fingerprint density at radius 3 is 2.46 bits per heavy atom. The molecule has 0 rings (SSSR count). The van der Waals surface area contributed by atoms with Crippen molar-refractivity contribution in [1.29, 1.82) is 0 Å². The lowest BCUT2D eigenvalue weighted by Gasteiger charge is -2.22. The average Bonchev–Trinajstić information content (AvgIpc) is 1.96. The molecule has 0 aromatic heterocycles. The molecule has 76 valence electrons. The fourth-order valence-corrected chi connectivity index (χ4v) is 0.875. The van der Waals surface area contributed by atoms with Gasteiger partial charge in [-0.15, -0.1) is 6.58 Å². The van der Waals surface area contributed by atoms with Gasteiger partial charge in [0.1, 0.15) is 5.60 Å². The van der Waals surface area contributed by atoms with Crippen LogP contribution in [-0.4, -0.2) is 18.1 Å². The van der Waals surface area contributed by atoms with E-state index in [2.05, 4.69) is 6.58 Å². The van der Waals surface area contributed by atoms with Gasteiger partial charge in [-0.05, 0) is 27.2 Å². The Hall–Kier alpha value is -0.830. The minimum absolute atomic E-state index is 0.241. The summed E-state index contributed by atoms with van der Waals surface area (Å²) in [5.41, 5.74) is 4.99. The number of nitrogens with two attached hydrogens (primary N) is 1. The first-order valence-electron chi connectivity index (χ1n) is 4.44. The largest absolute Gasteiger partial charge is 0.460 e. The number of carbonyl (C=O) groups is 1. The van der Waals surface area contributed by atoms with Gasteiger partial charge in [-0.2, -0.15) is 0 Å². The number of rotatable bonds is 4. The number of hydrogen-bond donors (Lipinski definition) is 1. The van der Waals surface area contributed by atoms with Crippen LogP contribution in [0.4, 0.5) is 0 Å². The van der Waals surface area contributed by atoms with Gasteiger partial charge in [0.25, 0.3) is 0 Å². The molecule has 0 heterocycles. The highest BCUT2D eigenvalue weighted by Crippen LogP contribution is 2.13. The number of esters is 1. The third kappa shape index (κ3) is 5.42. The van der Waals surface area contributed by atoms with E-state index in [1.165, 1.54) is 0 Å². The van der Waals surface area contributed by atoms with E-state index in [0.29, 0.717) is 13.0 Å². The van der Waals surface area contributed by atoms with Crippen LogP contribution in [-0.2, 0) is 9.53 Å². The Bertz CT molecular complexity index is 182. The Morgan fingerprint density at radius 2 is 2.15 bits per heavy atom.